The van der Waals surface area contributed by atoms with Gasteiger partial charge in [-0.1, -0.05) is 35.8 Å². The fourth-order valence-electron chi connectivity index (χ4n) is 1.76. The lowest BCUT2D eigenvalue weighted by Gasteiger charge is -2.21. The Labute approximate surface area is 122 Å². The zero-order chi connectivity index (χ0) is 13.8. The van der Waals surface area contributed by atoms with Crippen molar-refractivity contribution in [3.8, 4) is 0 Å². The maximum absolute atomic E-state index is 6.18. The zero-order valence-electron chi connectivity index (χ0n) is 10.5. The van der Waals surface area contributed by atoms with E-state index in [4.69, 9.17) is 27.9 Å². The molecule has 2 rings (SSSR count). The first-order valence-corrected chi connectivity index (χ1v) is 6.55. The van der Waals surface area contributed by atoms with Crippen LogP contribution >= 0.6 is 23.2 Å². The lowest BCUT2D eigenvalue weighted by molar-refractivity contribution is 0.0586. The Morgan fingerprint density at radius 3 is 2.84 bits per heavy atom. The van der Waals surface area contributed by atoms with Crippen molar-refractivity contribution in [2.45, 2.75) is 19.6 Å². The van der Waals surface area contributed by atoms with Crippen molar-refractivity contribution in [2.24, 2.45) is 0 Å². The Kier molecular flexibility index (Phi) is 4.51. The van der Waals surface area contributed by atoms with Crippen molar-refractivity contribution in [3.05, 3.63) is 64.9 Å². The SMILES string of the molecule is C=C(C)OC(Cc1ccc(Cl)cc1Cl)n1ccnc1. The second-order valence-corrected chi connectivity index (χ2v) is 5.07. The highest BCUT2D eigenvalue weighted by atomic mass is 35.5. The molecule has 3 nitrogen and oxygen atoms in total. The van der Waals surface area contributed by atoms with Gasteiger partial charge in [-0.2, -0.15) is 0 Å². The van der Waals surface area contributed by atoms with Gasteiger partial charge in [-0.3, -0.25) is 0 Å². The minimum atomic E-state index is -0.223. The summed E-state index contributed by atoms with van der Waals surface area (Å²) < 4.78 is 7.60. The maximum atomic E-state index is 6.18. The quantitative estimate of drug-likeness (QED) is 0.761. The third kappa shape index (κ3) is 3.75. The number of aromatic nitrogens is 2. The van der Waals surface area contributed by atoms with E-state index in [0.717, 1.165) is 5.56 Å². The van der Waals surface area contributed by atoms with Gasteiger partial charge >= 0.3 is 0 Å². The topological polar surface area (TPSA) is 27.1 Å². The van der Waals surface area contributed by atoms with E-state index in [2.05, 4.69) is 11.6 Å². The third-order valence-electron chi connectivity index (χ3n) is 2.60. The molecule has 0 amide bonds. The van der Waals surface area contributed by atoms with E-state index in [9.17, 15) is 0 Å². The molecule has 0 aliphatic heterocycles. The Morgan fingerprint density at radius 1 is 1.47 bits per heavy atom. The van der Waals surface area contributed by atoms with Crippen LogP contribution in [0.2, 0.25) is 10.0 Å². The van der Waals surface area contributed by atoms with Crippen LogP contribution in [0, 0.1) is 0 Å². The van der Waals surface area contributed by atoms with E-state index >= 15 is 0 Å². The standard InChI is InChI=1S/C14H14Cl2N2O/c1-10(2)19-14(18-6-5-17-9-18)7-11-3-4-12(15)8-13(11)16/h3-6,8-9,14H,1,7H2,2H3. The monoisotopic (exact) mass is 296 g/mol. The van der Waals surface area contributed by atoms with Crippen LogP contribution in [0.3, 0.4) is 0 Å². The van der Waals surface area contributed by atoms with Gasteiger partial charge in [0.15, 0.2) is 6.23 Å². The van der Waals surface area contributed by atoms with Crippen LogP contribution in [-0.2, 0) is 11.2 Å². The lowest BCUT2D eigenvalue weighted by atomic mass is 10.1. The molecular formula is C14H14Cl2N2O. The van der Waals surface area contributed by atoms with Crippen molar-refractivity contribution in [1.82, 2.24) is 9.55 Å². The van der Waals surface area contributed by atoms with Crippen LogP contribution in [0.25, 0.3) is 0 Å². The summed E-state index contributed by atoms with van der Waals surface area (Å²) in [4.78, 5) is 4.03. The van der Waals surface area contributed by atoms with E-state index in [1.165, 1.54) is 0 Å². The first-order valence-electron chi connectivity index (χ1n) is 5.80. The molecule has 0 aliphatic carbocycles. The summed E-state index contributed by atoms with van der Waals surface area (Å²) in [6.07, 6.45) is 5.64. The number of allylic oxidation sites excluding steroid dienone is 1. The third-order valence-corrected chi connectivity index (χ3v) is 3.19. The largest absolute Gasteiger partial charge is 0.475 e. The van der Waals surface area contributed by atoms with Crippen molar-refractivity contribution >= 4 is 23.2 Å². The molecule has 1 unspecified atom stereocenters. The van der Waals surface area contributed by atoms with Gasteiger partial charge in [0.25, 0.3) is 0 Å². The predicted molar refractivity (Wildman–Crippen MR) is 77.3 cm³/mol. The second-order valence-electron chi connectivity index (χ2n) is 4.22. The molecule has 0 spiro atoms. The highest BCUT2D eigenvalue weighted by molar-refractivity contribution is 6.35. The van der Waals surface area contributed by atoms with Crippen molar-refractivity contribution in [1.29, 1.82) is 0 Å². The molecule has 100 valence electrons. The summed E-state index contributed by atoms with van der Waals surface area (Å²) in [7, 11) is 0. The Morgan fingerprint density at radius 2 is 2.26 bits per heavy atom. The molecule has 0 N–H and O–H groups in total. The summed E-state index contributed by atoms with van der Waals surface area (Å²) in [6, 6.07) is 5.44. The molecule has 2 aromatic rings. The van der Waals surface area contributed by atoms with E-state index in [1.807, 2.05) is 29.8 Å². The number of imidazole rings is 1. The average Bonchev–Trinajstić information content (AvgIpc) is 2.84. The second kappa shape index (κ2) is 6.13. The molecule has 5 heteroatoms. The number of rotatable bonds is 5. The van der Waals surface area contributed by atoms with Crippen molar-refractivity contribution < 1.29 is 4.74 Å². The molecule has 0 aliphatic rings. The molecule has 0 saturated carbocycles. The summed E-state index contributed by atoms with van der Waals surface area (Å²) in [5, 5.41) is 1.25. The van der Waals surface area contributed by atoms with Gasteiger partial charge in [0.05, 0.1) is 12.1 Å². The van der Waals surface area contributed by atoms with E-state index in [-0.39, 0.29) is 6.23 Å². The Balaban J connectivity index is 2.22. The predicted octanol–water partition coefficient (Wildman–Crippen LogP) is 4.48. The summed E-state index contributed by atoms with van der Waals surface area (Å²) in [5.41, 5.74) is 0.964. The molecule has 0 fully saturated rings. The summed E-state index contributed by atoms with van der Waals surface area (Å²) in [5.74, 6) is 0.642. The highest BCUT2D eigenvalue weighted by Gasteiger charge is 2.14. The van der Waals surface area contributed by atoms with Crippen LogP contribution in [0.15, 0.2) is 49.3 Å². The number of nitrogens with zero attached hydrogens (tertiary/aromatic N) is 2. The number of halogens is 2. The molecule has 0 saturated heterocycles. The minimum absolute atomic E-state index is 0.223. The highest BCUT2D eigenvalue weighted by Crippen LogP contribution is 2.26. The van der Waals surface area contributed by atoms with Crippen LogP contribution in [0.4, 0.5) is 0 Å². The summed E-state index contributed by atoms with van der Waals surface area (Å²) >= 11 is 12.1. The molecule has 1 aromatic heterocycles. The Hall–Kier alpha value is -1.45. The van der Waals surface area contributed by atoms with Crippen LogP contribution in [0.5, 0.6) is 0 Å². The van der Waals surface area contributed by atoms with E-state index in [0.29, 0.717) is 22.2 Å². The van der Waals surface area contributed by atoms with Crippen molar-refractivity contribution in [2.75, 3.05) is 0 Å². The van der Waals surface area contributed by atoms with Gasteiger partial charge in [0.1, 0.15) is 0 Å². The normalized spacial score (nSPS) is 12.2. The number of benzene rings is 1. The van der Waals surface area contributed by atoms with E-state index in [1.54, 1.807) is 18.6 Å². The fraction of sp³-hybridized carbons (Fsp3) is 0.214. The number of hydrogen-bond acceptors (Lipinski definition) is 2. The molecule has 19 heavy (non-hydrogen) atoms. The van der Waals surface area contributed by atoms with Crippen LogP contribution in [-0.4, -0.2) is 9.55 Å². The van der Waals surface area contributed by atoms with Crippen LogP contribution in [0.1, 0.15) is 18.7 Å². The molecule has 1 atom stereocenters. The first kappa shape index (κ1) is 14.0. The number of ether oxygens (including phenoxy) is 1. The molecular weight excluding hydrogens is 283 g/mol. The first-order chi connectivity index (χ1) is 9.06. The smallest absolute Gasteiger partial charge is 0.180 e. The molecule has 1 aromatic carbocycles. The van der Waals surface area contributed by atoms with E-state index < -0.39 is 0 Å². The van der Waals surface area contributed by atoms with Crippen molar-refractivity contribution in [3.63, 3.8) is 0 Å². The van der Waals surface area contributed by atoms with Gasteiger partial charge < -0.3 is 9.30 Å². The minimum Gasteiger partial charge on any atom is -0.475 e. The maximum Gasteiger partial charge on any atom is 0.180 e. The average molecular weight is 297 g/mol. The molecule has 1 heterocycles. The Bertz CT molecular complexity index is 567. The van der Waals surface area contributed by atoms with Gasteiger partial charge in [-0.25, -0.2) is 4.98 Å². The lowest BCUT2D eigenvalue weighted by Crippen LogP contribution is -2.13. The number of hydrogen-bond donors (Lipinski definition) is 0. The molecule has 0 bridgehead atoms. The van der Waals surface area contributed by atoms with Gasteiger partial charge in [-0.05, 0) is 24.6 Å². The van der Waals surface area contributed by atoms with Gasteiger partial charge in [0, 0.05) is 28.9 Å². The van der Waals surface area contributed by atoms with Crippen LogP contribution < -0.4 is 0 Å². The molecule has 0 radical (unpaired) electrons. The van der Waals surface area contributed by atoms with Gasteiger partial charge in [0.2, 0.25) is 0 Å². The van der Waals surface area contributed by atoms with Gasteiger partial charge in [-0.15, -0.1) is 0 Å². The fourth-order valence-corrected chi connectivity index (χ4v) is 2.24. The zero-order valence-corrected chi connectivity index (χ0v) is 12.0. The summed E-state index contributed by atoms with van der Waals surface area (Å²) in [6.45, 7) is 5.59.